The predicted molar refractivity (Wildman–Crippen MR) is 136 cm³/mol. The summed E-state index contributed by atoms with van der Waals surface area (Å²) < 4.78 is 16.5. The van der Waals surface area contributed by atoms with Crippen LogP contribution in [0.25, 0.3) is 11.0 Å². The van der Waals surface area contributed by atoms with Crippen molar-refractivity contribution >= 4 is 28.7 Å². The van der Waals surface area contributed by atoms with E-state index in [1.165, 1.54) is 19.9 Å². The molecule has 0 aliphatic rings. The average molecular weight is 501 g/mol. The van der Waals surface area contributed by atoms with Crippen molar-refractivity contribution in [2.75, 3.05) is 0 Å². The summed E-state index contributed by atoms with van der Waals surface area (Å²) in [6, 6.07) is 1.18. The van der Waals surface area contributed by atoms with Gasteiger partial charge < -0.3 is 19.0 Å². The smallest absolute Gasteiger partial charge is 0.336 e. The second-order valence-corrected chi connectivity index (χ2v) is 9.25. The second kappa shape index (κ2) is 12.5. The highest BCUT2D eigenvalue weighted by Gasteiger charge is 2.32. The molecule has 0 fully saturated rings. The Bertz CT molecular complexity index is 1230. The van der Waals surface area contributed by atoms with E-state index in [9.17, 15) is 24.3 Å². The number of allylic oxidation sites excluding steroid dienone is 2. The molecule has 8 heteroatoms. The van der Waals surface area contributed by atoms with Crippen molar-refractivity contribution in [2.45, 2.75) is 86.7 Å². The fourth-order valence-corrected chi connectivity index (χ4v) is 3.97. The minimum absolute atomic E-state index is 0.0828. The van der Waals surface area contributed by atoms with Gasteiger partial charge in [-0.3, -0.25) is 14.4 Å². The van der Waals surface area contributed by atoms with Gasteiger partial charge in [0, 0.05) is 37.0 Å². The number of rotatable bonds is 11. The number of phenols is 1. The highest BCUT2D eigenvalue weighted by molar-refractivity contribution is 6.12. The van der Waals surface area contributed by atoms with E-state index < -0.39 is 35.4 Å². The van der Waals surface area contributed by atoms with E-state index >= 15 is 0 Å². The molecule has 0 amide bonds. The molecule has 1 aromatic carbocycles. The Morgan fingerprint density at radius 1 is 1.11 bits per heavy atom. The number of carbonyl (C=O) groups excluding carboxylic acids is 3. The van der Waals surface area contributed by atoms with E-state index in [0.717, 1.165) is 12.0 Å². The molecule has 8 nitrogen and oxygen atoms in total. The standard InChI is InChI=1S/C28H36O8/c1-8-10-11-21(34-17(6)29)20-14-22(31)36-28-23(20)26(33)19(13-12-15(3)4)27(35-18(7)30)24(28)25(32)16(5)9-2/h12,14,16,21,33H,8-11,13H2,1-7H3/t16-,21-/m0/s1. The van der Waals surface area contributed by atoms with Crippen LogP contribution in [-0.4, -0.2) is 22.8 Å². The molecule has 0 spiro atoms. The Hall–Kier alpha value is -3.42. The first-order chi connectivity index (χ1) is 16.9. The number of unbranched alkanes of at least 4 members (excludes halogenated alkanes) is 1. The summed E-state index contributed by atoms with van der Waals surface area (Å²) in [4.78, 5) is 50.3. The molecule has 196 valence electrons. The molecular weight excluding hydrogens is 464 g/mol. The van der Waals surface area contributed by atoms with Gasteiger partial charge in [-0.15, -0.1) is 0 Å². The Morgan fingerprint density at radius 2 is 1.78 bits per heavy atom. The first-order valence-electron chi connectivity index (χ1n) is 12.3. The fourth-order valence-electron chi connectivity index (χ4n) is 3.97. The maximum absolute atomic E-state index is 13.6. The predicted octanol–water partition coefficient (Wildman–Crippen LogP) is 5.96. The highest BCUT2D eigenvalue weighted by atomic mass is 16.5. The number of benzene rings is 1. The van der Waals surface area contributed by atoms with Gasteiger partial charge in [0.25, 0.3) is 0 Å². The third-order valence-corrected chi connectivity index (χ3v) is 5.98. The van der Waals surface area contributed by atoms with Gasteiger partial charge in [0.15, 0.2) is 17.1 Å². The number of carbonyl (C=O) groups is 3. The molecule has 0 bridgehead atoms. The maximum atomic E-state index is 13.6. The first kappa shape index (κ1) is 28.8. The summed E-state index contributed by atoms with van der Waals surface area (Å²) in [5.74, 6) is -2.55. The summed E-state index contributed by atoms with van der Waals surface area (Å²) in [5, 5.41) is 11.6. The third kappa shape index (κ3) is 6.62. The number of Topliss-reactive ketones (excluding diaryl/α,β-unsaturated/α-hetero) is 1. The molecule has 2 rings (SSSR count). The Kier molecular flexibility index (Phi) is 10.0. The molecule has 0 aliphatic carbocycles. The van der Waals surface area contributed by atoms with Gasteiger partial charge in [0.05, 0.1) is 5.39 Å². The van der Waals surface area contributed by atoms with Crippen molar-refractivity contribution in [2.24, 2.45) is 5.92 Å². The van der Waals surface area contributed by atoms with Crippen molar-refractivity contribution in [3.05, 3.63) is 44.8 Å². The van der Waals surface area contributed by atoms with Crippen molar-refractivity contribution in [1.82, 2.24) is 0 Å². The zero-order valence-corrected chi connectivity index (χ0v) is 22.1. The van der Waals surface area contributed by atoms with Crippen LogP contribution in [0.1, 0.15) is 102 Å². The second-order valence-electron chi connectivity index (χ2n) is 9.25. The summed E-state index contributed by atoms with van der Waals surface area (Å²) in [6.45, 7) is 11.7. The van der Waals surface area contributed by atoms with Crippen LogP contribution in [0.4, 0.5) is 0 Å². The molecule has 36 heavy (non-hydrogen) atoms. The highest BCUT2D eigenvalue weighted by Crippen LogP contribution is 2.45. The van der Waals surface area contributed by atoms with E-state index in [-0.39, 0.29) is 45.6 Å². The van der Waals surface area contributed by atoms with Crippen molar-refractivity contribution in [3.63, 3.8) is 0 Å². The quantitative estimate of drug-likeness (QED) is 0.132. The summed E-state index contributed by atoms with van der Waals surface area (Å²) >= 11 is 0. The van der Waals surface area contributed by atoms with Gasteiger partial charge in [0.2, 0.25) is 0 Å². The maximum Gasteiger partial charge on any atom is 0.336 e. The lowest BCUT2D eigenvalue weighted by molar-refractivity contribution is -0.147. The number of aromatic hydroxyl groups is 1. The number of hydrogen-bond donors (Lipinski definition) is 1. The summed E-state index contributed by atoms with van der Waals surface area (Å²) in [5.41, 5.74) is 0.339. The largest absolute Gasteiger partial charge is 0.507 e. The number of ketones is 1. The number of ether oxygens (including phenoxy) is 2. The number of hydrogen-bond acceptors (Lipinski definition) is 8. The van der Waals surface area contributed by atoms with E-state index in [1.807, 2.05) is 33.8 Å². The van der Waals surface area contributed by atoms with Gasteiger partial charge in [-0.25, -0.2) is 4.79 Å². The summed E-state index contributed by atoms with van der Waals surface area (Å²) in [7, 11) is 0. The van der Waals surface area contributed by atoms with Crippen LogP contribution in [0.15, 0.2) is 26.9 Å². The molecule has 0 saturated carbocycles. The molecule has 0 radical (unpaired) electrons. The van der Waals surface area contributed by atoms with Crippen LogP contribution in [-0.2, 0) is 20.7 Å². The van der Waals surface area contributed by atoms with Gasteiger partial charge in [0.1, 0.15) is 17.4 Å². The Morgan fingerprint density at radius 3 is 2.31 bits per heavy atom. The molecule has 1 heterocycles. The van der Waals surface area contributed by atoms with E-state index in [0.29, 0.717) is 19.3 Å². The molecule has 2 aromatic rings. The zero-order chi connectivity index (χ0) is 27.2. The normalized spacial score (nSPS) is 12.6. The van der Waals surface area contributed by atoms with Gasteiger partial charge >= 0.3 is 17.6 Å². The van der Waals surface area contributed by atoms with E-state index in [2.05, 4.69) is 0 Å². The number of fused-ring (bicyclic) bond motifs is 1. The number of phenolic OH excluding ortho intramolecular Hbond substituents is 1. The minimum atomic E-state index is -0.845. The van der Waals surface area contributed by atoms with Crippen LogP contribution in [0, 0.1) is 5.92 Å². The van der Waals surface area contributed by atoms with Gasteiger partial charge in [-0.2, -0.15) is 0 Å². The van der Waals surface area contributed by atoms with Crippen molar-refractivity contribution < 1.29 is 33.4 Å². The fraction of sp³-hybridized carbons (Fsp3) is 0.500. The SMILES string of the molecule is CCCC[C@H](OC(C)=O)c1cc(=O)oc2c(C(=O)[C@@H](C)CC)c(OC(C)=O)c(CC=C(C)C)c(O)c12. The molecule has 2 atom stereocenters. The molecule has 1 aromatic heterocycles. The lowest BCUT2D eigenvalue weighted by atomic mass is 9.89. The molecule has 0 unspecified atom stereocenters. The molecule has 1 N–H and O–H groups in total. The third-order valence-electron chi connectivity index (χ3n) is 5.98. The molecular formula is C28H36O8. The van der Waals surface area contributed by atoms with Gasteiger partial charge in [-0.05, 0) is 39.5 Å². The minimum Gasteiger partial charge on any atom is -0.507 e. The van der Waals surface area contributed by atoms with E-state index in [4.69, 9.17) is 13.9 Å². The van der Waals surface area contributed by atoms with Crippen LogP contribution in [0.3, 0.4) is 0 Å². The molecule has 0 saturated heterocycles. The lowest BCUT2D eigenvalue weighted by Gasteiger charge is -2.23. The Labute approximate surface area is 211 Å². The van der Waals surface area contributed by atoms with Crippen molar-refractivity contribution in [3.8, 4) is 11.5 Å². The van der Waals surface area contributed by atoms with Gasteiger partial charge in [-0.1, -0.05) is 38.8 Å². The topological polar surface area (TPSA) is 120 Å². The van der Waals surface area contributed by atoms with Crippen LogP contribution >= 0.6 is 0 Å². The lowest BCUT2D eigenvalue weighted by Crippen LogP contribution is -2.18. The number of esters is 2. The Balaban J connectivity index is 3.14. The van der Waals surface area contributed by atoms with Crippen molar-refractivity contribution in [1.29, 1.82) is 0 Å². The van der Waals surface area contributed by atoms with E-state index in [1.54, 1.807) is 6.92 Å². The first-order valence-corrected chi connectivity index (χ1v) is 12.3. The zero-order valence-electron chi connectivity index (χ0n) is 22.1. The summed E-state index contributed by atoms with van der Waals surface area (Å²) in [6.07, 6.45) is 3.52. The van der Waals surface area contributed by atoms with Crippen LogP contribution in [0.2, 0.25) is 0 Å². The molecule has 0 aliphatic heterocycles. The monoisotopic (exact) mass is 500 g/mol. The van der Waals surface area contributed by atoms with Crippen LogP contribution < -0.4 is 10.4 Å². The average Bonchev–Trinajstić information content (AvgIpc) is 2.79. The van der Waals surface area contributed by atoms with Crippen LogP contribution in [0.5, 0.6) is 11.5 Å².